The fraction of sp³-hybridized carbons (Fsp3) is 0.265. The second-order valence-electron chi connectivity index (χ2n) is 12.0. The van der Waals surface area contributed by atoms with E-state index in [0.29, 0.717) is 23.8 Å². The molecule has 1 aliphatic heterocycles. The number of aromatic nitrogens is 2. The topological polar surface area (TPSA) is 90.4 Å². The molecule has 0 radical (unpaired) electrons. The number of anilines is 1. The van der Waals surface area contributed by atoms with Crippen molar-refractivity contribution >= 4 is 59.8 Å². The van der Waals surface area contributed by atoms with E-state index >= 15 is 0 Å². The molecule has 2 aromatic heterocycles. The maximum Gasteiger partial charge on any atom is 0.325 e. The van der Waals surface area contributed by atoms with Crippen molar-refractivity contribution in [2.24, 2.45) is 5.41 Å². The van der Waals surface area contributed by atoms with Crippen LogP contribution in [0.2, 0.25) is 0 Å². The summed E-state index contributed by atoms with van der Waals surface area (Å²) in [6.07, 6.45) is 5.45. The van der Waals surface area contributed by atoms with Crippen LogP contribution in [0.15, 0.2) is 89.1 Å². The lowest BCUT2D eigenvalue weighted by Crippen LogP contribution is -2.33. The Balaban J connectivity index is 1.38. The lowest BCUT2D eigenvalue weighted by Gasteiger charge is -2.29. The largest absolute Gasteiger partial charge is 0.506 e. The Hall–Kier alpha value is -4.28. The number of hydrogen-bond acceptors (Lipinski definition) is 7. The van der Waals surface area contributed by atoms with Crippen LogP contribution in [-0.2, 0) is 0 Å². The summed E-state index contributed by atoms with van der Waals surface area (Å²) in [7, 11) is 0. The number of allylic oxidation sites excluding steroid dienone is 5. The van der Waals surface area contributed by atoms with Gasteiger partial charge in [0.15, 0.2) is 5.13 Å². The number of rotatable bonds is 6. The van der Waals surface area contributed by atoms with E-state index in [-0.39, 0.29) is 17.6 Å². The highest BCUT2D eigenvalue weighted by molar-refractivity contribution is 7.22. The zero-order valence-corrected chi connectivity index (χ0v) is 27.0. The fourth-order valence-corrected chi connectivity index (χ4v) is 8.04. The van der Waals surface area contributed by atoms with Crippen LogP contribution in [0.25, 0.3) is 26.0 Å². The van der Waals surface area contributed by atoms with Crippen molar-refractivity contribution in [3.8, 4) is 0 Å². The molecule has 0 fully saturated rings. The number of amides is 2. The van der Waals surface area contributed by atoms with Crippen molar-refractivity contribution in [3.05, 3.63) is 106 Å². The molecule has 2 aliphatic rings. The minimum Gasteiger partial charge on any atom is -0.506 e. The standard InChI is InChI=1S/C34H34FN5O2S2/c1-18(2)28(31-36-23-14-12-21(35)16-27(23)43-31)29-30(20(4)41)40(17-34(29,5)6)25-10-8-7-9-22(25)37-32(42)39-33-38-24-13-11-19(3)15-26(24)44-33/h8,10-16,41H,4,7,9,17H2,1-3,5-6H3,(H2,37,38,39,42). The van der Waals surface area contributed by atoms with Crippen LogP contribution in [0.1, 0.15) is 51.1 Å². The molecule has 10 heteroatoms. The smallest absolute Gasteiger partial charge is 0.325 e. The number of nitrogens with zero attached hydrogens (tertiary/aromatic N) is 3. The molecule has 0 spiro atoms. The SMILES string of the molecule is C=C(O)C1=C(C(=C(C)C)c2nc3ccc(F)cc3s2)C(C)(C)CN1C1=C(NC(=O)Nc2nc3ccc(C)cc3s2)CCC=C1. The van der Waals surface area contributed by atoms with Gasteiger partial charge in [-0.05, 0) is 81.2 Å². The highest BCUT2D eigenvalue weighted by Gasteiger charge is 2.43. The number of urea groups is 1. The van der Waals surface area contributed by atoms with Crippen LogP contribution in [0.4, 0.5) is 14.3 Å². The van der Waals surface area contributed by atoms with Gasteiger partial charge in [-0.15, -0.1) is 11.3 Å². The zero-order valence-electron chi connectivity index (χ0n) is 25.3. The lowest BCUT2D eigenvalue weighted by molar-refractivity contribution is 0.253. The minimum absolute atomic E-state index is 0.0727. The third-order valence-corrected chi connectivity index (χ3v) is 9.76. The van der Waals surface area contributed by atoms with Crippen LogP contribution in [0, 0.1) is 18.2 Å². The summed E-state index contributed by atoms with van der Waals surface area (Å²) < 4.78 is 15.8. The van der Waals surface area contributed by atoms with Gasteiger partial charge in [-0.25, -0.2) is 19.2 Å². The highest BCUT2D eigenvalue weighted by atomic mass is 32.1. The fourth-order valence-electron chi connectivity index (χ4n) is 5.93. The summed E-state index contributed by atoms with van der Waals surface area (Å²) in [5, 5.41) is 18.4. The molecule has 0 saturated heterocycles. The van der Waals surface area contributed by atoms with E-state index in [1.165, 1.54) is 34.8 Å². The molecule has 3 N–H and O–H groups in total. The van der Waals surface area contributed by atoms with Crippen LogP contribution in [0.3, 0.4) is 0 Å². The molecule has 6 rings (SSSR count). The monoisotopic (exact) mass is 627 g/mol. The molecule has 1 aliphatic carbocycles. The van der Waals surface area contributed by atoms with Crippen molar-refractivity contribution in [2.75, 3.05) is 11.9 Å². The first-order valence-corrected chi connectivity index (χ1v) is 16.0. The van der Waals surface area contributed by atoms with Crippen LogP contribution in [-0.4, -0.2) is 32.6 Å². The predicted octanol–water partition coefficient (Wildman–Crippen LogP) is 9.20. The summed E-state index contributed by atoms with van der Waals surface area (Å²) >= 11 is 2.86. The van der Waals surface area contributed by atoms with Gasteiger partial charge < -0.3 is 15.3 Å². The van der Waals surface area contributed by atoms with Crippen molar-refractivity contribution in [2.45, 2.75) is 47.5 Å². The van der Waals surface area contributed by atoms with Gasteiger partial charge in [0, 0.05) is 23.2 Å². The highest BCUT2D eigenvalue weighted by Crippen LogP contribution is 2.51. The van der Waals surface area contributed by atoms with Crippen molar-refractivity contribution in [1.82, 2.24) is 20.2 Å². The number of hydrogen-bond donors (Lipinski definition) is 3. The Kier molecular flexibility index (Phi) is 7.67. The van der Waals surface area contributed by atoms with E-state index in [0.717, 1.165) is 65.5 Å². The molecule has 7 nitrogen and oxygen atoms in total. The zero-order chi connectivity index (χ0) is 31.3. The average molecular weight is 628 g/mol. The molecule has 0 bridgehead atoms. The van der Waals surface area contributed by atoms with Gasteiger partial charge in [-0.3, -0.25) is 5.32 Å². The number of fused-ring (bicyclic) bond motifs is 2. The number of aryl methyl sites for hydroxylation is 1. The third kappa shape index (κ3) is 5.55. The molecule has 2 aromatic carbocycles. The second-order valence-corrected chi connectivity index (χ2v) is 14.1. The maximum absolute atomic E-state index is 14.0. The van der Waals surface area contributed by atoms with E-state index in [9.17, 15) is 14.3 Å². The number of carbonyl (C=O) groups excluding carboxylic acids is 1. The van der Waals surface area contributed by atoms with E-state index in [1.54, 1.807) is 6.07 Å². The summed E-state index contributed by atoms with van der Waals surface area (Å²) in [6.45, 7) is 14.8. The quantitative estimate of drug-likeness (QED) is 0.186. The third-order valence-electron chi connectivity index (χ3n) is 7.79. The normalized spacial score (nSPS) is 16.3. The summed E-state index contributed by atoms with van der Waals surface area (Å²) in [6, 6.07) is 10.2. The first-order valence-electron chi connectivity index (χ1n) is 14.4. The molecular weight excluding hydrogens is 594 g/mol. The first-order chi connectivity index (χ1) is 20.9. The number of aliphatic hydroxyl groups is 1. The van der Waals surface area contributed by atoms with Crippen molar-refractivity contribution < 1.29 is 14.3 Å². The van der Waals surface area contributed by atoms with Crippen molar-refractivity contribution in [3.63, 3.8) is 0 Å². The molecule has 4 aromatic rings. The van der Waals surface area contributed by atoms with Gasteiger partial charge >= 0.3 is 6.03 Å². The molecule has 0 atom stereocenters. The van der Waals surface area contributed by atoms with Gasteiger partial charge in [-0.1, -0.05) is 49.5 Å². The number of aliphatic hydroxyl groups excluding tert-OH is 1. The van der Waals surface area contributed by atoms with Gasteiger partial charge in [0.05, 0.1) is 31.8 Å². The van der Waals surface area contributed by atoms with Crippen LogP contribution in [0.5, 0.6) is 0 Å². The number of benzene rings is 2. The van der Waals surface area contributed by atoms with Gasteiger partial charge in [0.1, 0.15) is 16.6 Å². The number of nitrogens with one attached hydrogen (secondary N) is 2. The Morgan fingerprint density at radius 3 is 2.55 bits per heavy atom. The minimum atomic E-state index is -0.429. The average Bonchev–Trinajstić information content (AvgIpc) is 3.61. The Bertz CT molecular complexity index is 1970. The van der Waals surface area contributed by atoms with Gasteiger partial charge in [-0.2, -0.15) is 0 Å². The molecule has 44 heavy (non-hydrogen) atoms. The van der Waals surface area contributed by atoms with Crippen LogP contribution < -0.4 is 10.6 Å². The predicted molar refractivity (Wildman–Crippen MR) is 179 cm³/mol. The Labute approximate surface area is 263 Å². The molecule has 0 unspecified atom stereocenters. The van der Waals surface area contributed by atoms with Gasteiger partial charge in [0.2, 0.25) is 0 Å². The Morgan fingerprint density at radius 2 is 1.80 bits per heavy atom. The van der Waals surface area contributed by atoms with E-state index < -0.39 is 5.41 Å². The molecule has 3 heterocycles. The molecular formula is C34H34FN5O2S2. The van der Waals surface area contributed by atoms with E-state index in [1.807, 2.05) is 43.9 Å². The van der Waals surface area contributed by atoms with Crippen molar-refractivity contribution in [1.29, 1.82) is 0 Å². The molecule has 226 valence electrons. The summed E-state index contributed by atoms with van der Waals surface area (Å²) in [5.41, 5.74) is 7.22. The molecule has 2 amide bonds. The van der Waals surface area contributed by atoms with Crippen LogP contribution >= 0.6 is 22.7 Å². The molecule has 0 saturated carbocycles. The summed E-state index contributed by atoms with van der Waals surface area (Å²) in [5.74, 6) is -0.377. The first kappa shape index (κ1) is 29.8. The van der Waals surface area contributed by atoms with E-state index in [2.05, 4.69) is 48.2 Å². The maximum atomic E-state index is 14.0. The van der Waals surface area contributed by atoms with Gasteiger partial charge in [0.25, 0.3) is 0 Å². The Morgan fingerprint density at radius 1 is 1.07 bits per heavy atom. The number of halogens is 1. The summed E-state index contributed by atoms with van der Waals surface area (Å²) in [4.78, 5) is 24.7. The second kappa shape index (κ2) is 11.3. The number of thiazole rings is 2. The lowest BCUT2D eigenvalue weighted by atomic mass is 9.80. The van der Waals surface area contributed by atoms with E-state index in [4.69, 9.17) is 4.98 Å². The number of carbonyl (C=O) groups is 1.